The highest BCUT2D eigenvalue weighted by Crippen LogP contribution is 2.53. The van der Waals surface area contributed by atoms with E-state index in [9.17, 15) is 4.79 Å². The highest BCUT2D eigenvalue weighted by Gasteiger charge is 2.50. The molecule has 1 heterocycles. The lowest BCUT2D eigenvalue weighted by atomic mass is 9.81. The second-order valence-corrected chi connectivity index (χ2v) is 7.34. The maximum absolute atomic E-state index is 11.4. The summed E-state index contributed by atoms with van der Waals surface area (Å²) in [5.41, 5.74) is 6.83. The minimum absolute atomic E-state index is 0.0352. The van der Waals surface area contributed by atoms with Crippen molar-refractivity contribution < 1.29 is 4.79 Å². The van der Waals surface area contributed by atoms with Crippen molar-refractivity contribution in [3.8, 4) is 0 Å². The number of nitrogens with zero attached hydrogens (tertiary/aromatic N) is 3. The molecule has 2 N–H and O–H groups in total. The number of rotatable bonds is 4. The predicted molar refractivity (Wildman–Crippen MR) is 91.4 cm³/mol. The SMILES string of the molecule is Cn1c(C2CCC(C(N)=O)CC2)nnc1C1(c2ccccc2)CC1. The molecule has 0 unspecified atom stereocenters. The Morgan fingerprint density at radius 2 is 1.79 bits per heavy atom. The van der Waals surface area contributed by atoms with Gasteiger partial charge in [-0.1, -0.05) is 30.3 Å². The van der Waals surface area contributed by atoms with Crippen LogP contribution >= 0.6 is 0 Å². The van der Waals surface area contributed by atoms with Crippen LogP contribution < -0.4 is 5.73 Å². The second-order valence-electron chi connectivity index (χ2n) is 7.34. The number of amides is 1. The summed E-state index contributed by atoms with van der Waals surface area (Å²) in [6.07, 6.45) is 5.95. The normalized spacial score (nSPS) is 25.4. The molecular formula is C19H24N4O. The highest BCUT2D eigenvalue weighted by atomic mass is 16.1. The molecule has 0 aliphatic heterocycles. The van der Waals surface area contributed by atoms with E-state index in [4.69, 9.17) is 5.73 Å². The number of benzene rings is 1. The Kier molecular flexibility index (Phi) is 3.66. The maximum Gasteiger partial charge on any atom is 0.220 e. The predicted octanol–water partition coefficient (Wildman–Crippen LogP) is 2.65. The van der Waals surface area contributed by atoms with Gasteiger partial charge in [0.25, 0.3) is 0 Å². The van der Waals surface area contributed by atoms with Gasteiger partial charge in [0.05, 0.1) is 5.41 Å². The molecule has 0 saturated heterocycles. The molecule has 0 spiro atoms. The van der Waals surface area contributed by atoms with Crippen molar-refractivity contribution in [2.24, 2.45) is 18.7 Å². The van der Waals surface area contributed by atoms with Gasteiger partial charge in [0, 0.05) is 18.9 Å². The lowest BCUT2D eigenvalue weighted by molar-refractivity contribution is -0.122. The summed E-state index contributed by atoms with van der Waals surface area (Å²) in [4.78, 5) is 11.4. The Bertz CT molecular complexity index is 740. The fraction of sp³-hybridized carbons (Fsp3) is 0.526. The molecule has 2 aliphatic carbocycles. The molecule has 2 aliphatic rings. The van der Waals surface area contributed by atoms with Crippen LogP contribution in [0, 0.1) is 5.92 Å². The van der Waals surface area contributed by atoms with Gasteiger partial charge in [-0.2, -0.15) is 0 Å². The molecule has 1 amide bonds. The van der Waals surface area contributed by atoms with Crippen LogP contribution in [0.15, 0.2) is 30.3 Å². The van der Waals surface area contributed by atoms with Crippen LogP contribution in [0.3, 0.4) is 0 Å². The van der Waals surface area contributed by atoms with E-state index in [0.717, 1.165) is 50.2 Å². The first-order chi connectivity index (χ1) is 11.6. The van der Waals surface area contributed by atoms with E-state index in [0.29, 0.717) is 5.92 Å². The summed E-state index contributed by atoms with van der Waals surface area (Å²) in [6.45, 7) is 0. The van der Waals surface area contributed by atoms with Gasteiger partial charge < -0.3 is 10.3 Å². The Labute approximate surface area is 142 Å². The first-order valence-electron chi connectivity index (χ1n) is 8.86. The van der Waals surface area contributed by atoms with E-state index in [1.165, 1.54) is 5.56 Å². The number of hydrogen-bond donors (Lipinski definition) is 1. The van der Waals surface area contributed by atoms with Crippen molar-refractivity contribution in [1.29, 1.82) is 0 Å². The molecule has 2 saturated carbocycles. The third-order valence-corrected chi connectivity index (χ3v) is 5.91. The topological polar surface area (TPSA) is 73.8 Å². The van der Waals surface area contributed by atoms with E-state index in [1.807, 2.05) is 0 Å². The van der Waals surface area contributed by atoms with Crippen molar-refractivity contribution in [3.05, 3.63) is 47.5 Å². The van der Waals surface area contributed by atoms with Crippen LogP contribution in [0.1, 0.15) is 61.7 Å². The molecule has 0 radical (unpaired) electrons. The molecule has 1 aromatic heterocycles. The first-order valence-corrected chi connectivity index (χ1v) is 8.86. The first kappa shape index (κ1) is 15.4. The van der Waals surface area contributed by atoms with Crippen LogP contribution in [0.5, 0.6) is 0 Å². The van der Waals surface area contributed by atoms with Crippen LogP contribution in [0.2, 0.25) is 0 Å². The minimum Gasteiger partial charge on any atom is -0.369 e. The van der Waals surface area contributed by atoms with Gasteiger partial charge in [0.1, 0.15) is 11.6 Å². The zero-order valence-electron chi connectivity index (χ0n) is 14.1. The molecule has 0 atom stereocenters. The van der Waals surface area contributed by atoms with Gasteiger partial charge in [-0.3, -0.25) is 4.79 Å². The molecule has 5 heteroatoms. The second kappa shape index (κ2) is 5.72. The molecule has 5 nitrogen and oxygen atoms in total. The summed E-state index contributed by atoms with van der Waals surface area (Å²) in [7, 11) is 2.09. The van der Waals surface area contributed by atoms with E-state index >= 15 is 0 Å². The van der Waals surface area contributed by atoms with Crippen molar-refractivity contribution >= 4 is 5.91 Å². The van der Waals surface area contributed by atoms with Crippen LogP contribution in [-0.4, -0.2) is 20.7 Å². The Morgan fingerprint density at radius 3 is 2.38 bits per heavy atom. The standard InChI is InChI=1S/C19H24N4O/c1-23-17(14-9-7-13(8-10-14)16(20)24)21-22-18(23)19(11-12-19)15-5-3-2-4-6-15/h2-6,13-14H,7-12H2,1H3,(H2,20,24). The molecule has 4 rings (SSSR count). The molecule has 24 heavy (non-hydrogen) atoms. The zero-order chi connectivity index (χ0) is 16.7. The number of carbonyl (C=O) groups is 1. The van der Waals surface area contributed by atoms with Crippen molar-refractivity contribution in [3.63, 3.8) is 0 Å². The molecule has 126 valence electrons. The third kappa shape index (κ3) is 2.43. The quantitative estimate of drug-likeness (QED) is 0.939. The molecule has 2 fully saturated rings. The third-order valence-electron chi connectivity index (χ3n) is 5.91. The number of aromatic nitrogens is 3. The number of primary amides is 1. The van der Waals surface area contributed by atoms with Crippen molar-refractivity contribution in [1.82, 2.24) is 14.8 Å². The lowest BCUT2D eigenvalue weighted by Crippen LogP contribution is -2.27. The Hall–Kier alpha value is -2.17. The van der Waals surface area contributed by atoms with Gasteiger partial charge in [0.2, 0.25) is 5.91 Å². The number of nitrogens with two attached hydrogens (primary N) is 1. The molecular weight excluding hydrogens is 300 g/mol. The largest absolute Gasteiger partial charge is 0.369 e. The van der Waals surface area contributed by atoms with Gasteiger partial charge in [-0.25, -0.2) is 0 Å². The fourth-order valence-electron chi connectivity index (χ4n) is 4.27. The summed E-state index contributed by atoms with van der Waals surface area (Å²) in [5, 5.41) is 9.11. The summed E-state index contributed by atoms with van der Waals surface area (Å²) < 4.78 is 2.20. The van der Waals surface area contributed by atoms with Crippen LogP contribution in [0.4, 0.5) is 0 Å². The van der Waals surface area contributed by atoms with Crippen LogP contribution in [-0.2, 0) is 17.3 Å². The maximum atomic E-state index is 11.4. The van der Waals surface area contributed by atoms with E-state index in [-0.39, 0.29) is 17.2 Å². The number of carbonyl (C=O) groups excluding carboxylic acids is 1. The Balaban J connectivity index is 1.58. The molecule has 0 bridgehead atoms. The van der Waals surface area contributed by atoms with Crippen LogP contribution in [0.25, 0.3) is 0 Å². The average molecular weight is 324 g/mol. The molecule has 1 aromatic carbocycles. The van der Waals surface area contributed by atoms with E-state index in [1.54, 1.807) is 0 Å². The minimum atomic E-state index is -0.159. The Morgan fingerprint density at radius 1 is 1.12 bits per heavy atom. The van der Waals surface area contributed by atoms with Crippen molar-refractivity contribution in [2.75, 3.05) is 0 Å². The summed E-state index contributed by atoms with van der Waals surface area (Å²) >= 11 is 0. The van der Waals surface area contributed by atoms with E-state index in [2.05, 4.69) is 52.1 Å². The smallest absolute Gasteiger partial charge is 0.220 e. The number of hydrogen-bond acceptors (Lipinski definition) is 3. The van der Waals surface area contributed by atoms with Gasteiger partial charge in [-0.05, 0) is 44.1 Å². The van der Waals surface area contributed by atoms with Gasteiger partial charge in [-0.15, -0.1) is 10.2 Å². The van der Waals surface area contributed by atoms with Gasteiger partial charge >= 0.3 is 0 Å². The fourth-order valence-corrected chi connectivity index (χ4v) is 4.27. The zero-order valence-corrected chi connectivity index (χ0v) is 14.1. The van der Waals surface area contributed by atoms with Gasteiger partial charge in [0.15, 0.2) is 0 Å². The molecule has 2 aromatic rings. The lowest BCUT2D eigenvalue weighted by Gasteiger charge is -2.26. The summed E-state index contributed by atoms with van der Waals surface area (Å²) in [6, 6.07) is 10.6. The average Bonchev–Trinajstić information content (AvgIpc) is 3.33. The van der Waals surface area contributed by atoms with E-state index < -0.39 is 0 Å². The van der Waals surface area contributed by atoms with Crippen molar-refractivity contribution in [2.45, 2.75) is 49.9 Å². The summed E-state index contributed by atoms with van der Waals surface area (Å²) in [5.74, 6) is 2.41. The monoisotopic (exact) mass is 324 g/mol. The highest BCUT2D eigenvalue weighted by molar-refractivity contribution is 5.76.